The molecule has 94 valence electrons. The van der Waals surface area contributed by atoms with Crippen LogP contribution in [0.15, 0.2) is 40.9 Å². The van der Waals surface area contributed by atoms with Crippen LogP contribution in [-0.4, -0.2) is 11.4 Å². The van der Waals surface area contributed by atoms with Gasteiger partial charge in [0.2, 0.25) is 0 Å². The summed E-state index contributed by atoms with van der Waals surface area (Å²) in [4.78, 5) is 11.0. The molecule has 2 aromatic carbocycles. The molecule has 1 heterocycles. The Balaban J connectivity index is 2.27. The Bertz CT molecular complexity index is 782. The third-order valence-electron chi connectivity index (χ3n) is 2.83. The summed E-state index contributed by atoms with van der Waals surface area (Å²) < 4.78 is 18.3. The fourth-order valence-electron chi connectivity index (χ4n) is 1.95. The van der Waals surface area contributed by atoms with Gasteiger partial charge in [-0.2, -0.15) is 0 Å². The molecule has 0 fully saturated rings. The van der Waals surface area contributed by atoms with Gasteiger partial charge in [-0.15, -0.1) is 0 Å². The van der Waals surface area contributed by atoms with Crippen LogP contribution in [0, 0.1) is 5.82 Å². The lowest BCUT2D eigenvalue weighted by atomic mass is 10.0. The van der Waals surface area contributed by atoms with Gasteiger partial charge in [-0.25, -0.2) is 4.39 Å². The zero-order chi connectivity index (χ0) is 13.4. The van der Waals surface area contributed by atoms with Crippen molar-refractivity contribution in [1.82, 2.24) is 5.16 Å². The van der Waals surface area contributed by atoms with Crippen molar-refractivity contribution >= 4 is 28.9 Å². The van der Waals surface area contributed by atoms with Gasteiger partial charge in [-0.1, -0.05) is 16.8 Å². The number of halogens is 2. The van der Waals surface area contributed by atoms with Gasteiger partial charge in [0.25, 0.3) is 0 Å². The van der Waals surface area contributed by atoms with Crippen LogP contribution in [-0.2, 0) is 0 Å². The van der Waals surface area contributed by atoms with E-state index in [9.17, 15) is 9.18 Å². The van der Waals surface area contributed by atoms with E-state index in [1.807, 2.05) is 0 Å². The Labute approximate surface area is 112 Å². The molecule has 1 aromatic heterocycles. The number of fused-ring (bicyclic) bond motifs is 1. The minimum absolute atomic E-state index is 0.227. The second-order valence-corrected chi connectivity index (χ2v) is 4.46. The number of aromatic nitrogens is 1. The van der Waals surface area contributed by atoms with Crippen LogP contribution in [0.4, 0.5) is 4.39 Å². The van der Waals surface area contributed by atoms with Crippen LogP contribution >= 0.6 is 11.6 Å². The summed E-state index contributed by atoms with van der Waals surface area (Å²) in [6, 6.07) is 9.04. The van der Waals surface area contributed by atoms with Gasteiger partial charge in [0, 0.05) is 27.6 Å². The van der Waals surface area contributed by atoms with Crippen LogP contribution in [0.5, 0.6) is 0 Å². The van der Waals surface area contributed by atoms with Gasteiger partial charge in [0.1, 0.15) is 11.5 Å². The highest BCUT2D eigenvalue weighted by Gasteiger charge is 2.14. The number of rotatable bonds is 2. The number of hydrogen-bond acceptors (Lipinski definition) is 3. The van der Waals surface area contributed by atoms with E-state index in [0.29, 0.717) is 28.1 Å². The number of benzene rings is 2. The molecule has 0 saturated heterocycles. The van der Waals surface area contributed by atoms with E-state index in [-0.39, 0.29) is 5.56 Å². The normalized spacial score (nSPS) is 10.8. The van der Waals surface area contributed by atoms with Gasteiger partial charge in [-0.05, 0) is 30.3 Å². The highest BCUT2D eigenvalue weighted by atomic mass is 35.5. The van der Waals surface area contributed by atoms with E-state index < -0.39 is 5.82 Å². The SMILES string of the molecule is O=Cc1cc(F)ccc1-c1noc2cc(Cl)ccc12. The number of carbonyl (C=O) groups is 1. The summed E-state index contributed by atoms with van der Waals surface area (Å²) in [5.41, 5.74) is 1.76. The molecule has 0 aliphatic carbocycles. The summed E-state index contributed by atoms with van der Waals surface area (Å²) in [5, 5.41) is 5.18. The molecule has 0 atom stereocenters. The maximum atomic E-state index is 13.1. The first-order valence-electron chi connectivity index (χ1n) is 5.49. The summed E-state index contributed by atoms with van der Waals surface area (Å²) in [6.45, 7) is 0. The van der Waals surface area contributed by atoms with Gasteiger partial charge >= 0.3 is 0 Å². The fourth-order valence-corrected chi connectivity index (χ4v) is 2.11. The molecule has 0 bridgehead atoms. The number of nitrogens with zero attached hydrogens (tertiary/aromatic N) is 1. The smallest absolute Gasteiger partial charge is 0.169 e. The predicted octanol–water partition coefficient (Wildman–Crippen LogP) is 4.10. The molecule has 0 radical (unpaired) electrons. The van der Waals surface area contributed by atoms with E-state index in [1.54, 1.807) is 18.2 Å². The Hall–Kier alpha value is -2.20. The molecule has 0 aliphatic rings. The van der Waals surface area contributed by atoms with Crippen molar-refractivity contribution in [2.24, 2.45) is 0 Å². The first-order chi connectivity index (χ1) is 9.19. The molecular formula is C14H7ClFNO2. The standard InChI is InChI=1S/C14H7ClFNO2/c15-9-1-3-12-13(6-9)19-17-14(12)11-4-2-10(16)5-8(11)7-18/h1-7H. The topological polar surface area (TPSA) is 43.1 Å². The summed E-state index contributed by atoms with van der Waals surface area (Å²) in [7, 11) is 0. The summed E-state index contributed by atoms with van der Waals surface area (Å²) >= 11 is 5.86. The average Bonchev–Trinajstić information content (AvgIpc) is 2.81. The molecular weight excluding hydrogens is 269 g/mol. The first-order valence-corrected chi connectivity index (χ1v) is 5.87. The molecule has 3 nitrogen and oxygen atoms in total. The predicted molar refractivity (Wildman–Crippen MR) is 69.8 cm³/mol. The zero-order valence-corrected chi connectivity index (χ0v) is 10.3. The third-order valence-corrected chi connectivity index (χ3v) is 3.06. The van der Waals surface area contributed by atoms with E-state index in [0.717, 1.165) is 5.39 Å². The molecule has 19 heavy (non-hydrogen) atoms. The van der Waals surface area contributed by atoms with Crippen molar-refractivity contribution in [2.45, 2.75) is 0 Å². The molecule has 0 aliphatic heterocycles. The zero-order valence-electron chi connectivity index (χ0n) is 9.56. The molecule has 0 saturated carbocycles. The first kappa shape index (κ1) is 11.9. The van der Waals surface area contributed by atoms with Crippen LogP contribution in [0.1, 0.15) is 10.4 Å². The van der Waals surface area contributed by atoms with E-state index in [1.165, 1.54) is 18.2 Å². The van der Waals surface area contributed by atoms with Crippen LogP contribution < -0.4 is 0 Å². The van der Waals surface area contributed by atoms with E-state index >= 15 is 0 Å². The van der Waals surface area contributed by atoms with E-state index in [4.69, 9.17) is 16.1 Å². The Morgan fingerprint density at radius 1 is 1.21 bits per heavy atom. The third kappa shape index (κ3) is 2.00. The lowest BCUT2D eigenvalue weighted by Crippen LogP contribution is -1.89. The maximum absolute atomic E-state index is 13.1. The van der Waals surface area contributed by atoms with Crippen LogP contribution in [0.25, 0.3) is 22.2 Å². The Morgan fingerprint density at radius 3 is 2.84 bits per heavy atom. The highest BCUT2D eigenvalue weighted by molar-refractivity contribution is 6.31. The van der Waals surface area contributed by atoms with Crippen LogP contribution in [0.3, 0.4) is 0 Å². The number of carbonyl (C=O) groups excluding carboxylic acids is 1. The molecule has 0 spiro atoms. The fraction of sp³-hybridized carbons (Fsp3) is 0. The van der Waals surface area contributed by atoms with E-state index in [2.05, 4.69) is 5.16 Å². The second-order valence-electron chi connectivity index (χ2n) is 4.02. The Morgan fingerprint density at radius 2 is 2.05 bits per heavy atom. The van der Waals surface area contributed by atoms with Gasteiger partial charge in [0.05, 0.1) is 0 Å². The monoisotopic (exact) mass is 275 g/mol. The minimum Gasteiger partial charge on any atom is -0.356 e. The molecule has 0 N–H and O–H groups in total. The minimum atomic E-state index is -0.471. The van der Waals surface area contributed by atoms with Gasteiger partial charge in [-0.3, -0.25) is 4.79 Å². The molecule has 3 rings (SSSR count). The van der Waals surface area contributed by atoms with Crippen molar-refractivity contribution in [2.75, 3.05) is 0 Å². The summed E-state index contributed by atoms with van der Waals surface area (Å²) in [5.74, 6) is -0.471. The van der Waals surface area contributed by atoms with Crippen molar-refractivity contribution in [3.8, 4) is 11.3 Å². The average molecular weight is 276 g/mol. The number of hydrogen-bond donors (Lipinski definition) is 0. The van der Waals surface area contributed by atoms with Crippen LogP contribution in [0.2, 0.25) is 5.02 Å². The molecule has 0 unspecified atom stereocenters. The number of aldehydes is 1. The largest absolute Gasteiger partial charge is 0.356 e. The van der Waals surface area contributed by atoms with Gasteiger partial charge in [0.15, 0.2) is 11.9 Å². The second kappa shape index (κ2) is 4.48. The van der Waals surface area contributed by atoms with Gasteiger partial charge < -0.3 is 4.52 Å². The molecule has 0 amide bonds. The molecule has 3 aromatic rings. The summed E-state index contributed by atoms with van der Waals surface area (Å²) in [6.07, 6.45) is 0.592. The maximum Gasteiger partial charge on any atom is 0.169 e. The molecule has 5 heteroatoms. The quantitative estimate of drug-likeness (QED) is 0.661. The van der Waals surface area contributed by atoms with Crippen molar-refractivity contribution in [3.63, 3.8) is 0 Å². The highest BCUT2D eigenvalue weighted by Crippen LogP contribution is 2.31. The lowest BCUT2D eigenvalue weighted by Gasteiger charge is -2.01. The Kier molecular flexibility index (Phi) is 2.80. The lowest BCUT2D eigenvalue weighted by molar-refractivity contribution is 0.112. The van der Waals surface area contributed by atoms with Crippen molar-refractivity contribution < 1.29 is 13.7 Å². The van der Waals surface area contributed by atoms with Crippen molar-refractivity contribution in [3.05, 3.63) is 52.8 Å². The van der Waals surface area contributed by atoms with Crippen molar-refractivity contribution in [1.29, 1.82) is 0 Å².